The van der Waals surface area contributed by atoms with Crippen LogP contribution in [0.2, 0.25) is 0 Å². The molecule has 1 rings (SSSR count). The highest BCUT2D eigenvalue weighted by Gasteiger charge is 2.21. The summed E-state index contributed by atoms with van der Waals surface area (Å²) in [7, 11) is 0. The van der Waals surface area contributed by atoms with Gasteiger partial charge in [-0.3, -0.25) is 0 Å². The third-order valence-corrected chi connectivity index (χ3v) is 4.25. The van der Waals surface area contributed by atoms with E-state index in [0.29, 0.717) is 6.04 Å². The highest BCUT2D eigenvalue weighted by molar-refractivity contribution is 4.77. The van der Waals surface area contributed by atoms with Gasteiger partial charge in [0.25, 0.3) is 0 Å². The maximum absolute atomic E-state index is 6.42. The Bertz CT molecular complexity index is 155. The average Bonchev–Trinajstić information content (AvgIpc) is 2.30. The van der Waals surface area contributed by atoms with E-state index in [-0.39, 0.29) is 0 Å². The summed E-state index contributed by atoms with van der Waals surface area (Å²) in [6, 6.07) is 0.475. The van der Waals surface area contributed by atoms with Gasteiger partial charge in [-0.15, -0.1) is 0 Å². The zero-order chi connectivity index (χ0) is 11.8. The van der Waals surface area contributed by atoms with Crippen molar-refractivity contribution < 1.29 is 0 Å². The fraction of sp³-hybridized carbons (Fsp3) is 1.00. The molecular weight excluding hydrogens is 194 g/mol. The van der Waals surface area contributed by atoms with Crippen LogP contribution in [0.3, 0.4) is 0 Å². The highest BCUT2D eigenvalue weighted by Crippen LogP contribution is 2.30. The predicted molar refractivity (Wildman–Crippen MR) is 72.5 cm³/mol. The molecule has 0 aromatic carbocycles. The van der Waals surface area contributed by atoms with Gasteiger partial charge in [-0.1, -0.05) is 58.8 Å². The van der Waals surface area contributed by atoms with Crippen LogP contribution in [0.1, 0.15) is 78.1 Å². The van der Waals surface area contributed by atoms with Crippen LogP contribution in [0.4, 0.5) is 0 Å². The van der Waals surface area contributed by atoms with E-state index in [9.17, 15) is 0 Å². The second kappa shape index (κ2) is 8.11. The Morgan fingerprint density at radius 1 is 1.00 bits per heavy atom. The van der Waals surface area contributed by atoms with Crippen LogP contribution >= 0.6 is 0 Å². The first kappa shape index (κ1) is 14.0. The van der Waals surface area contributed by atoms with Gasteiger partial charge in [0.1, 0.15) is 0 Å². The van der Waals surface area contributed by atoms with E-state index in [1.165, 1.54) is 64.2 Å². The number of hydrogen-bond donors (Lipinski definition) is 1. The van der Waals surface area contributed by atoms with Crippen LogP contribution in [0.15, 0.2) is 0 Å². The van der Waals surface area contributed by atoms with Gasteiger partial charge in [-0.2, -0.15) is 0 Å². The first-order valence-electron chi connectivity index (χ1n) is 7.53. The van der Waals surface area contributed by atoms with Crippen LogP contribution < -0.4 is 5.73 Å². The molecule has 0 spiro atoms. The molecule has 0 amide bonds. The number of hydrogen-bond acceptors (Lipinski definition) is 1. The van der Waals surface area contributed by atoms with Crippen molar-refractivity contribution in [2.45, 2.75) is 84.1 Å². The van der Waals surface area contributed by atoms with Gasteiger partial charge < -0.3 is 5.73 Å². The van der Waals surface area contributed by atoms with Gasteiger partial charge in [0, 0.05) is 6.04 Å². The summed E-state index contributed by atoms with van der Waals surface area (Å²) in [4.78, 5) is 0. The number of rotatable bonds is 7. The van der Waals surface area contributed by atoms with Crippen molar-refractivity contribution in [1.29, 1.82) is 0 Å². The van der Waals surface area contributed by atoms with E-state index in [0.717, 1.165) is 11.8 Å². The lowest BCUT2D eigenvalue weighted by molar-refractivity contribution is 0.263. The van der Waals surface area contributed by atoms with Gasteiger partial charge in [-0.25, -0.2) is 0 Å². The van der Waals surface area contributed by atoms with Crippen molar-refractivity contribution >= 4 is 0 Å². The largest absolute Gasteiger partial charge is 0.327 e. The van der Waals surface area contributed by atoms with E-state index in [1.54, 1.807) is 0 Å². The van der Waals surface area contributed by atoms with Gasteiger partial charge in [-0.05, 0) is 31.1 Å². The molecule has 1 aliphatic carbocycles. The molecule has 1 fully saturated rings. The molecule has 0 aliphatic heterocycles. The van der Waals surface area contributed by atoms with Crippen LogP contribution in [-0.2, 0) is 0 Å². The van der Waals surface area contributed by atoms with Gasteiger partial charge >= 0.3 is 0 Å². The monoisotopic (exact) mass is 225 g/mol. The summed E-state index contributed by atoms with van der Waals surface area (Å²) in [6.07, 6.45) is 13.8. The molecule has 0 saturated heterocycles. The topological polar surface area (TPSA) is 26.0 Å². The van der Waals surface area contributed by atoms with Crippen molar-refractivity contribution in [2.75, 3.05) is 0 Å². The van der Waals surface area contributed by atoms with E-state index < -0.39 is 0 Å². The summed E-state index contributed by atoms with van der Waals surface area (Å²) in [6.45, 7) is 4.58. The molecule has 0 aromatic rings. The third-order valence-electron chi connectivity index (χ3n) is 4.25. The fourth-order valence-corrected chi connectivity index (χ4v) is 3.31. The molecule has 1 aliphatic rings. The van der Waals surface area contributed by atoms with Gasteiger partial charge in [0.05, 0.1) is 0 Å². The van der Waals surface area contributed by atoms with Gasteiger partial charge in [0.15, 0.2) is 0 Å². The van der Waals surface area contributed by atoms with Crippen molar-refractivity contribution in [1.82, 2.24) is 0 Å². The van der Waals surface area contributed by atoms with E-state index in [2.05, 4.69) is 13.8 Å². The Morgan fingerprint density at radius 3 is 2.06 bits per heavy atom. The molecule has 1 unspecified atom stereocenters. The Kier molecular flexibility index (Phi) is 7.11. The zero-order valence-corrected chi connectivity index (χ0v) is 11.4. The average molecular weight is 225 g/mol. The van der Waals surface area contributed by atoms with E-state index >= 15 is 0 Å². The molecule has 16 heavy (non-hydrogen) atoms. The second-order valence-electron chi connectivity index (χ2n) is 5.74. The molecule has 1 atom stereocenters. The summed E-state index contributed by atoms with van der Waals surface area (Å²) in [5, 5.41) is 0. The molecule has 0 aromatic heterocycles. The first-order chi connectivity index (χ1) is 7.77. The summed E-state index contributed by atoms with van der Waals surface area (Å²) in [5.74, 6) is 1.73. The second-order valence-corrected chi connectivity index (χ2v) is 5.74. The maximum atomic E-state index is 6.42. The van der Waals surface area contributed by atoms with Crippen LogP contribution in [0.25, 0.3) is 0 Å². The lowest BCUT2D eigenvalue weighted by Gasteiger charge is -2.29. The minimum Gasteiger partial charge on any atom is -0.327 e. The predicted octanol–water partition coefficient (Wildman–Crippen LogP) is 4.50. The molecule has 0 radical (unpaired) electrons. The Morgan fingerprint density at radius 2 is 1.56 bits per heavy atom. The maximum Gasteiger partial charge on any atom is 0.00697 e. The first-order valence-corrected chi connectivity index (χ1v) is 7.53. The molecular formula is C15H31N. The standard InChI is InChI=1S/C15H31N/c1-3-8-14(9-4-2)15(16)12-13-10-6-5-7-11-13/h13-15H,3-12,16H2,1-2H3. The van der Waals surface area contributed by atoms with E-state index in [1.807, 2.05) is 0 Å². The quantitative estimate of drug-likeness (QED) is 0.678. The molecule has 1 saturated carbocycles. The van der Waals surface area contributed by atoms with E-state index in [4.69, 9.17) is 5.73 Å². The molecule has 1 nitrogen and oxygen atoms in total. The summed E-state index contributed by atoms with van der Waals surface area (Å²) in [5.41, 5.74) is 6.42. The minimum atomic E-state index is 0.475. The highest BCUT2D eigenvalue weighted by atomic mass is 14.7. The van der Waals surface area contributed by atoms with Crippen molar-refractivity contribution in [3.63, 3.8) is 0 Å². The van der Waals surface area contributed by atoms with Crippen molar-refractivity contribution in [3.8, 4) is 0 Å². The Labute approximate surface area is 102 Å². The van der Waals surface area contributed by atoms with Crippen molar-refractivity contribution in [3.05, 3.63) is 0 Å². The molecule has 1 heteroatoms. The SMILES string of the molecule is CCCC(CCC)C(N)CC1CCCCC1. The minimum absolute atomic E-state index is 0.475. The Hall–Kier alpha value is -0.0400. The molecule has 0 bridgehead atoms. The smallest absolute Gasteiger partial charge is 0.00697 e. The van der Waals surface area contributed by atoms with Crippen LogP contribution in [0, 0.1) is 11.8 Å². The lowest BCUT2D eigenvalue weighted by atomic mass is 9.80. The summed E-state index contributed by atoms with van der Waals surface area (Å²) >= 11 is 0. The summed E-state index contributed by atoms with van der Waals surface area (Å²) < 4.78 is 0. The molecule has 0 heterocycles. The fourth-order valence-electron chi connectivity index (χ4n) is 3.31. The molecule has 2 N–H and O–H groups in total. The van der Waals surface area contributed by atoms with Crippen molar-refractivity contribution in [2.24, 2.45) is 17.6 Å². The van der Waals surface area contributed by atoms with Crippen LogP contribution in [-0.4, -0.2) is 6.04 Å². The number of nitrogens with two attached hydrogens (primary N) is 1. The lowest BCUT2D eigenvalue weighted by Crippen LogP contribution is -2.32. The van der Waals surface area contributed by atoms with Gasteiger partial charge in [0.2, 0.25) is 0 Å². The van der Waals surface area contributed by atoms with Crippen LogP contribution in [0.5, 0.6) is 0 Å². The Balaban J connectivity index is 2.31. The molecule has 96 valence electrons. The zero-order valence-electron chi connectivity index (χ0n) is 11.4. The third kappa shape index (κ3) is 4.86. The normalized spacial score (nSPS) is 20.2.